The van der Waals surface area contributed by atoms with Crippen molar-refractivity contribution in [3.05, 3.63) is 64.4 Å². The van der Waals surface area contributed by atoms with Crippen molar-refractivity contribution in [2.45, 2.75) is 6.92 Å². The van der Waals surface area contributed by atoms with E-state index in [-0.39, 0.29) is 5.43 Å². The second-order valence-electron chi connectivity index (χ2n) is 5.07. The zero-order chi connectivity index (χ0) is 14.4. The number of aromatic nitrogens is 2. The lowest BCUT2D eigenvalue weighted by Crippen LogP contribution is -2.06. The molecule has 0 saturated carbocycles. The number of rotatable bonds is 1. The van der Waals surface area contributed by atoms with Crippen molar-refractivity contribution in [1.82, 2.24) is 9.97 Å². The molecule has 0 aliphatic rings. The second-order valence-corrected chi connectivity index (χ2v) is 6.10. The van der Waals surface area contributed by atoms with E-state index in [0.717, 1.165) is 26.3 Å². The molecule has 21 heavy (non-hydrogen) atoms. The summed E-state index contributed by atoms with van der Waals surface area (Å²) in [6, 6.07) is 13.7. The lowest BCUT2D eigenvalue weighted by atomic mass is 10.1. The van der Waals surface area contributed by atoms with Gasteiger partial charge in [-0.05, 0) is 36.8 Å². The summed E-state index contributed by atoms with van der Waals surface area (Å²) in [6.07, 6.45) is 1.77. The number of aromatic amines is 1. The number of hydrogen-bond acceptors (Lipinski definition) is 3. The molecule has 0 radical (unpaired) electrons. The highest BCUT2D eigenvalue weighted by Gasteiger charge is 2.11. The number of para-hydroxylation sites is 1. The molecule has 4 heteroatoms. The maximum Gasteiger partial charge on any atom is 0.199 e. The van der Waals surface area contributed by atoms with Gasteiger partial charge in [-0.3, -0.25) is 4.79 Å². The first-order chi connectivity index (χ1) is 10.2. The molecule has 2 heterocycles. The van der Waals surface area contributed by atoms with Gasteiger partial charge in [-0.15, -0.1) is 11.3 Å². The normalized spacial score (nSPS) is 11.3. The average Bonchev–Trinajstić information content (AvgIpc) is 2.91. The van der Waals surface area contributed by atoms with E-state index < -0.39 is 0 Å². The van der Waals surface area contributed by atoms with Crippen LogP contribution in [0.15, 0.2) is 53.5 Å². The van der Waals surface area contributed by atoms with Crippen LogP contribution in [0.25, 0.3) is 31.7 Å². The summed E-state index contributed by atoms with van der Waals surface area (Å²) in [4.78, 5) is 20.4. The zero-order valence-corrected chi connectivity index (χ0v) is 12.2. The summed E-state index contributed by atoms with van der Waals surface area (Å²) in [5.41, 5.74) is 3.59. The number of pyridine rings is 1. The number of H-pyrrole nitrogens is 1. The molecule has 0 amide bonds. The summed E-state index contributed by atoms with van der Waals surface area (Å²) in [5, 5.41) is 1.47. The van der Waals surface area contributed by atoms with Gasteiger partial charge in [0.15, 0.2) is 5.43 Å². The lowest BCUT2D eigenvalue weighted by Gasteiger charge is -2.01. The van der Waals surface area contributed by atoms with Gasteiger partial charge in [0.25, 0.3) is 0 Å². The first-order valence-corrected chi connectivity index (χ1v) is 7.52. The van der Waals surface area contributed by atoms with E-state index in [1.807, 2.05) is 49.4 Å². The van der Waals surface area contributed by atoms with Crippen LogP contribution < -0.4 is 5.43 Å². The Morgan fingerprint density at radius 2 is 2.00 bits per heavy atom. The fourth-order valence-electron chi connectivity index (χ4n) is 2.48. The average molecular weight is 292 g/mol. The molecular weight excluding hydrogens is 280 g/mol. The first kappa shape index (κ1) is 12.3. The Morgan fingerprint density at radius 3 is 2.86 bits per heavy atom. The molecule has 0 saturated heterocycles. The van der Waals surface area contributed by atoms with E-state index in [9.17, 15) is 4.79 Å². The second kappa shape index (κ2) is 4.53. The fraction of sp³-hybridized carbons (Fsp3) is 0.0588. The number of nitrogens with one attached hydrogen (secondary N) is 1. The van der Waals surface area contributed by atoms with Gasteiger partial charge < -0.3 is 4.98 Å². The predicted octanol–water partition coefficient (Wildman–Crippen LogP) is 4.11. The molecule has 4 aromatic rings. The van der Waals surface area contributed by atoms with Gasteiger partial charge in [0.1, 0.15) is 5.01 Å². The maximum absolute atomic E-state index is 12.7. The summed E-state index contributed by atoms with van der Waals surface area (Å²) in [5.74, 6) is 0. The third kappa shape index (κ3) is 1.96. The highest BCUT2D eigenvalue weighted by Crippen LogP contribution is 2.28. The third-order valence-electron chi connectivity index (χ3n) is 3.56. The van der Waals surface area contributed by atoms with E-state index in [4.69, 9.17) is 0 Å². The van der Waals surface area contributed by atoms with E-state index in [1.54, 1.807) is 17.5 Å². The Bertz CT molecular complexity index is 997. The monoisotopic (exact) mass is 292 g/mol. The number of nitrogens with zero attached hydrogens (tertiary/aromatic N) is 1. The summed E-state index contributed by atoms with van der Waals surface area (Å²) < 4.78 is 1.09. The molecular formula is C17H12N2OS. The largest absolute Gasteiger partial charge is 0.360 e. The Kier molecular flexibility index (Phi) is 2.65. The van der Waals surface area contributed by atoms with E-state index >= 15 is 0 Å². The van der Waals surface area contributed by atoms with Gasteiger partial charge in [0.05, 0.1) is 15.8 Å². The van der Waals surface area contributed by atoms with Crippen LogP contribution in [0.4, 0.5) is 0 Å². The highest BCUT2D eigenvalue weighted by atomic mass is 32.1. The van der Waals surface area contributed by atoms with Crippen LogP contribution in [0.2, 0.25) is 0 Å². The van der Waals surface area contributed by atoms with Crippen LogP contribution in [0.3, 0.4) is 0 Å². The Balaban J connectivity index is 2.00. The van der Waals surface area contributed by atoms with Crippen molar-refractivity contribution < 1.29 is 0 Å². The van der Waals surface area contributed by atoms with Crippen LogP contribution in [0.1, 0.15) is 5.56 Å². The molecule has 0 unspecified atom stereocenters. The standard InChI is InChI=1S/C17H12N2OS/c1-10-6-7-11-14(8-10)18-9-12(16(11)20)17-19-13-4-2-3-5-15(13)21-17/h2-9H,1H3,(H,18,20). The molecule has 0 aliphatic heterocycles. The number of fused-ring (bicyclic) bond motifs is 2. The molecule has 1 N–H and O–H groups in total. The van der Waals surface area contributed by atoms with Gasteiger partial charge in [-0.25, -0.2) is 4.98 Å². The van der Waals surface area contributed by atoms with Crippen molar-refractivity contribution in [2.24, 2.45) is 0 Å². The van der Waals surface area contributed by atoms with E-state index in [2.05, 4.69) is 9.97 Å². The smallest absolute Gasteiger partial charge is 0.199 e. The van der Waals surface area contributed by atoms with Crippen molar-refractivity contribution in [3.8, 4) is 10.6 Å². The SMILES string of the molecule is Cc1ccc2c(=O)c(-c3nc4ccccc4s3)c[nH]c2c1. The molecule has 0 aliphatic carbocycles. The fourth-order valence-corrected chi connectivity index (χ4v) is 3.46. The zero-order valence-electron chi connectivity index (χ0n) is 11.4. The molecule has 4 rings (SSSR count). The van der Waals surface area contributed by atoms with E-state index in [1.165, 1.54) is 0 Å². The van der Waals surface area contributed by atoms with Crippen LogP contribution in [-0.4, -0.2) is 9.97 Å². The van der Waals surface area contributed by atoms with Crippen LogP contribution in [-0.2, 0) is 0 Å². The van der Waals surface area contributed by atoms with Crippen molar-refractivity contribution >= 4 is 32.5 Å². The Hall–Kier alpha value is -2.46. The van der Waals surface area contributed by atoms with Gasteiger partial charge in [-0.2, -0.15) is 0 Å². The molecule has 0 spiro atoms. The van der Waals surface area contributed by atoms with Gasteiger partial charge in [-0.1, -0.05) is 18.2 Å². The quantitative estimate of drug-likeness (QED) is 0.574. The minimum atomic E-state index is 0.0304. The van der Waals surface area contributed by atoms with Gasteiger partial charge in [0, 0.05) is 17.1 Å². The molecule has 0 bridgehead atoms. The summed E-state index contributed by atoms with van der Waals surface area (Å²) in [6.45, 7) is 2.01. The number of thiazole rings is 1. The number of hydrogen-bond donors (Lipinski definition) is 1. The molecule has 3 nitrogen and oxygen atoms in total. The topological polar surface area (TPSA) is 45.8 Å². The van der Waals surface area contributed by atoms with E-state index in [0.29, 0.717) is 10.9 Å². The Labute approximate surface area is 124 Å². The molecule has 102 valence electrons. The molecule has 2 aromatic heterocycles. The summed E-state index contributed by atoms with van der Waals surface area (Å²) in [7, 11) is 0. The summed E-state index contributed by atoms with van der Waals surface area (Å²) >= 11 is 1.55. The third-order valence-corrected chi connectivity index (χ3v) is 4.63. The Morgan fingerprint density at radius 1 is 1.14 bits per heavy atom. The molecule has 0 atom stereocenters. The van der Waals surface area contributed by atoms with Crippen LogP contribution in [0, 0.1) is 6.92 Å². The van der Waals surface area contributed by atoms with Crippen LogP contribution >= 0.6 is 11.3 Å². The molecule has 0 fully saturated rings. The highest BCUT2D eigenvalue weighted by molar-refractivity contribution is 7.21. The minimum Gasteiger partial charge on any atom is -0.360 e. The van der Waals surface area contributed by atoms with Crippen molar-refractivity contribution in [2.75, 3.05) is 0 Å². The van der Waals surface area contributed by atoms with Gasteiger partial charge >= 0.3 is 0 Å². The van der Waals surface area contributed by atoms with Crippen molar-refractivity contribution in [3.63, 3.8) is 0 Å². The molecule has 2 aromatic carbocycles. The minimum absolute atomic E-state index is 0.0304. The predicted molar refractivity (Wildman–Crippen MR) is 87.9 cm³/mol. The van der Waals surface area contributed by atoms with Crippen molar-refractivity contribution in [1.29, 1.82) is 0 Å². The van der Waals surface area contributed by atoms with Gasteiger partial charge in [0.2, 0.25) is 0 Å². The number of benzene rings is 2. The first-order valence-electron chi connectivity index (χ1n) is 6.70. The maximum atomic E-state index is 12.7. The number of aryl methyl sites for hydroxylation is 1. The lowest BCUT2D eigenvalue weighted by molar-refractivity contribution is 1.35. The van der Waals surface area contributed by atoms with Crippen LogP contribution in [0.5, 0.6) is 0 Å².